The lowest BCUT2D eigenvalue weighted by Gasteiger charge is -2.15. The molecular formula is C7H15O6P. The molecule has 6 nitrogen and oxygen atoms in total. The molecule has 1 heterocycles. The fourth-order valence-electron chi connectivity index (χ4n) is 1.28. The molecule has 1 saturated heterocycles. The first-order valence-electron chi connectivity index (χ1n) is 4.27. The molecule has 5 unspecified atom stereocenters. The predicted octanol–water partition coefficient (Wildman–Crippen LogP) is -0.673. The van der Waals surface area contributed by atoms with Crippen molar-refractivity contribution in [3.05, 3.63) is 0 Å². The summed E-state index contributed by atoms with van der Waals surface area (Å²) in [5, 5.41) is 18.7. The molecule has 14 heavy (non-hydrogen) atoms. The molecular weight excluding hydrogens is 211 g/mol. The average Bonchev–Trinajstić information content (AvgIpc) is 2.28. The van der Waals surface area contributed by atoms with E-state index in [2.05, 4.69) is 4.52 Å². The van der Waals surface area contributed by atoms with Crippen LogP contribution >= 0.6 is 7.60 Å². The summed E-state index contributed by atoms with van der Waals surface area (Å²) in [6.45, 7) is 2.46. The maximum Gasteiger partial charge on any atom is 0.325 e. The molecule has 1 fully saturated rings. The van der Waals surface area contributed by atoms with Gasteiger partial charge in [-0.15, -0.1) is 0 Å². The summed E-state index contributed by atoms with van der Waals surface area (Å²) in [4.78, 5) is 8.83. The lowest BCUT2D eigenvalue weighted by Crippen LogP contribution is -2.33. The zero-order valence-corrected chi connectivity index (χ0v) is 8.92. The van der Waals surface area contributed by atoms with Crippen molar-refractivity contribution in [2.24, 2.45) is 0 Å². The third-order valence-electron chi connectivity index (χ3n) is 2.08. The smallest absolute Gasteiger partial charge is 0.325 e. The fraction of sp³-hybridized carbons (Fsp3) is 1.00. The fourth-order valence-corrected chi connectivity index (χ4v) is 1.71. The first-order chi connectivity index (χ1) is 6.31. The second-order valence-corrected chi connectivity index (χ2v) is 5.32. The molecule has 0 spiro atoms. The van der Waals surface area contributed by atoms with Gasteiger partial charge in [0.25, 0.3) is 0 Å². The second kappa shape index (κ2) is 4.26. The monoisotopic (exact) mass is 226 g/mol. The largest absolute Gasteiger partial charge is 0.388 e. The molecule has 0 aromatic rings. The molecule has 0 radical (unpaired) electrons. The Morgan fingerprint density at radius 2 is 2.00 bits per heavy atom. The van der Waals surface area contributed by atoms with Crippen molar-refractivity contribution >= 4 is 7.60 Å². The second-order valence-electron chi connectivity index (χ2n) is 3.46. The van der Waals surface area contributed by atoms with E-state index in [9.17, 15) is 14.8 Å². The van der Waals surface area contributed by atoms with Gasteiger partial charge in [-0.3, -0.25) is 4.57 Å². The highest BCUT2D eigenvalue weighted by Crippen LogP contribution is 2.37. The van der Waals surface area contributed by atoms with Gasteiger partial charge in [0.2, 0.25) is 0 Å². The summed E-state index contributed by atoms with van der Waals surface area (Å²) < 4.78 is 20.5. The summed E-state index contributed by atoms with van der Waals surface area (Å²) in [7, 11) is -3.56. The molecule has 7 heteroatoms. The normalized spacial score (nSPS) is 42.4. The van der Waals surface area contributed by atoms with Gasteiger partial charge in [0.15, 0.2) is 0 Å². The molecule has 0 saturated carbocycles. The summed E-state index contributed by atoms with van der Waals surface area (Å²) in [6, 6.07) is 0. The first kappa shape index (κ1) is 12.1. The van der Waals surface area contributed by atoms with Crippen LogP contribution in [0, 0.1) is 0 Å². The Bertz CT molecular complexity index is 238. The van der Waals surface area contributed by atoms with Gasteiger partial charge in [0.1, 0.15) is 18.3 Å². The Balaban J connectivity index is 2.44. The van der Waals surface area contributed by atoms with Crippen LogP contribution in [-0.4, -0.2) is 52.8 Å². The predicted molar refractivity (Wildman–Crippen MR) is 48.0 cm³/mol. The third-order valence-corrected chi connectivity index (χ3v) is 2.71. The Hall–Kier alpha value is 0.0300. The Morgan fingerprint density at radius 1 is 1.43 bits per heavy atom. The summed E-state index contributed by atoms with van der Waals surface area (Å²) in [6.07, 6.45) is -3.29. The Kier molecular flexibility index (Phi) is 3.69. The minimum absolute atomic E-state index is 0.202. The zero-order chi connectivity index (χ0) is 10.9. The summed E-state index contributed by atoms with van der Waals surface area (Å²) in [5.74, 6) is 0. The van der Waals surface area contributed by atoms with E-state index in [0.29, 0.717) is 0 Å². The number of hydrogen-bond acceptors (Lipinski definition) is 5. The van der Waals surface area contributed by atoms with E-state index in [-0.39, 0.29) is 6.61 Å². The van der Waals surface area contributed by atoms with Gasteiger partial charge in [-0.05, 0) is 6.92 Å². The summed E-state index contributed by atoms with van der Waals surface area (Å²) >= 11 is 0. The standard InChI is InChI=1S/C7H15O6P/c1-4-6(8)7(9)5(13-4)3-12-14(2,10)11/h4-9H,3H2,1-2H3,(H,10,11). The maximum absolute atomic E-state index is 10.8. The number of hydrogen-bond donors (Lipinski definition) is 3. The SMILES string of the molecule is CC1OC(COP(C)(=O)O)C(O)C1O. The number of ether oxygens (including phenoxy) is 1. The third kappa shape index (κ3) is 3.02. The number of aliphatic hydroxyl groups is 2. The Labute approximate surface area is 82.0 Å². The molecule has 5 atom stereocenters. The van der Waals surface area contributed by atoms with Crippen LogP contribution in [0.25, 0.3) is 0 Å². The van der Waals surface area contributed by atoms with E-state index in [4.69, 9.17) is 9.63 Å². The highest BCUT2D eigenvalue weighted by molar-refractivity contribution is 7.51. The van der Waals surface area contributed by atoms with Crippen molar-refractivity contribution in [3.8, 4) is 0 Å². The van der Waals surface area contributed by atoms with Crippen LogP contribution in [0.1, 0.15) is 6.92 Å². The van der Waals surface area contributed by atoms with Gasteiger partial charge >= 0.3 is 7.60 Å². The van der Waals surface area contributed by atoms with Crippen LogP contribution in [-0.2, 0) is 13.8 Å². The van der Waals surface area contributed by atoms with E-state index in [0.717, 1.165) is 6.66 Å². The van der Waals surface area contributed by atoms with Gasteiger partial charge < -0.3 is 24.4 Å². The minimum Gasteiger partial charge on any atom is -0.388 e. The lowest BCUT2D eigenvalue weighted by atomic mass is 10.1. The zero-order valence-electron chi connectivity index (χ0n) is 8.03. The minimum atomic E-state index is -3.56. The van der Waals surface area contributed by atoms with E-state index in [1.165, 1.54) is 0 Å². The first-order valence-corrected chi connectivity index (χ1v) is 6.30. The van der Waals surface area contributed by atoms with Crippen LogP contribution in [0.3, 0.4) is 0 Å². The van der Waals surface area contributed by atoms with Crippen LogP contribution in [0.5, 0.6) is 0 Å². The van der Waals surface area contributed by atoms with Crippen LogP contribution in [0.4, 0.5) is 0 Å². The van der Waals surface area contributed by atoms with Crippen molar-refractivity contribution < 1.29 is 28.9 Å². The maximum atomic E-state index is 10.8. The van der Waals surface area contributed by atoms with Gasteiger partial charge in [-0.1, -0.05) is 0 Å². The Morgan fingerprint density at radius 3 is 2.36 bits per heavy atom. The van der Waals surface area contributed by atoms with E-state index >= 15 is 0 Å². The van der Waals surface area contributed by atoms with Crippen molar-refractivity contribution in [2.45, 2.75) is 31.3 Å². The number of rotatable bonds is 3. The van der Waals surface area contributed by atoms with Gasteiger partial charge in [0.05, 0.1) is 12.7 Å². The highest BCUT2D eigenvalue weighted by atomic mass is 31.2. The van der Waals surface area contributed by atoms with Gasteiger partial charge in [-0.2, -0.15) is 0 Å². The van der Waals surface area contributed by atoms with E-state index < -0.39 is 32.0 Å². The molecule has 1 aliphatic rings. The van der Waals surface area contributed by atoms with E-state index in [1.807, 2.05) is 0 Å². The van der Waals surface area contributed by atoms with Crippen LogP contribution < -0.4 is 0 Å². The molecule has 0 aromatic carbocycles. The van der Waals surface area contributed by atoms with E-state index in [1.54, 1.807) is 6.92 Å². The van der Waals surface area contributed by atoms with Crippen molar-refractivity contribution in [2.75, 3.05) is 13.3 Å². The number of aliphatic hydroxyl groups excluding tert-OH is 2. The van der Waals surface area contributed by atoms with Crippen molar-refractivity contribution in [3.63, 3.8) is 0 Å². The molecule has 0 amide bonds. The summed E-state index contributed by atoms with van der Waals surface area (Å²) in [5.41, 5.74) is 0. The highest BCUT2D eigenvalue weighted by Gasteiger charge is 2.40. The van der Waals surface area contributed by atoms with Gasteiger partial charge in [0, 0.05) is 6.66 Å². The molecule has 0 aromatic heterocycles. The van der Waals surface area contributed by atoms with Crippen molar-refractivity contribution in [1.82, 2.24) is 0 Å². The van der Waals surface area contributed by atoms with Crippen LogP contribution in [0.2, 0.25) is 0 Å². The van der Waals surface area contributed by atoms with Crippen molar-refractivity contribution in [1.29, 1.82) is 0 Å². The molecule has 1 rings (SSSR count). The molecule has 84 valence electrons. The quantitative estimate of drug-likeness (QED) is 0.552. The molecule has 0 aliphatic carbocycles. The molecule has 1 aliphatic heterocycles. The molecule has 0 bridgehead atoms. The average molecular weight is 226 g/mol. The van der Waals surface area contributed by atoms with Crippen LogP contribution in [0.15, 0.2) is 0 Å². The lowest BCUT2D eigenvalue weighted by molar-refractivity contribution is -0.0127. The molecule has 3 N–H and O–H groups in total. The topological polar surface area (TPSA) is 96.2 Å². The van der Waals surface area contributed by atoms with Gasteiger partial charge in [-0.25, -0.2) is 0 Å².